The van der Waals surface area contributed by atoms with Gasteiger partial charge in [0.15, 0.2) is 0 Å². The maximum Gasteiger partial charge on any atom is 0.321 e. The molecule has 1 saturated heterocycles. The number of carbonyl (C=O) groups excluding carboxylic acids is 1. The molecular weight excluding hydrogens is 343 g/mol. The number of hydrogen-bond acceptors (Lipinski definition) is 2. The normalized spacial score (nSPS) is 21.4. The predicted octanol–water partition coefficient (Wildman–Crippen LogP) is 3.31. The van der Waals surface area contributed by atoms with E-state index in [0.29, 0.717) is 23.9 Å². The maximum absolute atomic E-state index is 13.7. The first kappa shape index (κ1) is 15.8. The minimum absolute atomic E-state index is 0.0764. The van der Waals surface area contributed by atoms with Crippen molar-refractivity contribution in [2.75, 3.05) is 18.4 Å². The van der Waals surface area contributed by atoms with Crippen LogP contribution < -0.4 is 5.32 Å². The molecule has 5 nitrogen and oxygen atoms in total. The molecule has 0 saturated carbocycles. The fourth-order valence-electron chi connectivity index (χ4n) is 2.45. The highest BCUT2D eigenvalue weighted by molar-refractivity contribution is 9.10. The van der Waals surface area contributed by atoms with Crippen molar-refractivity contribution in [1.29, 1.82) is 0 Å². The molecule has 0 bridgehead atoms. The number of halogens is 2. The summed E-state index contributed by atoms with van der Waals surface area (Å²) in [6.07, 6.45) is 0.869. The largest absolute Gasteiger partial charge is 0.481 e. The molecule has 2 amide bonds. The molecule has 2 N–H and O–H groups in total. The first-order valence-corrected chi connectivity index (χ1v) is 7.41. The van der Waals surface area contributed by atoms with Crippen LogP contribution in [0, 0.1) is 11.2 Å². The second kappa shape index (κ2) is 6.01. The Morgan fingerprint density at radius 3 is 2.76 bits per heavy atom. The molecule has 7 heteroatoms. The summed E-state index contributed by atoms with van der Waals surface area (Å²) in [6, 6.07) is 3.86. The Balaban J connectivity index is 2.07. The lowest BCUT2D eigenvalue weighted by Crippen LogP contribution is -2.38. The number of hydrogen-bond donors (Lipinski definition) is 2. The van der Waals surface area contributed by atoms with E-state index in [1.807, 2.05) is 0 Å². The number of amides is 2. The van der Waals surface area contributed by atoms with Gasteiger partial charge in [-0.3, -0.25) is 4.79 Å². The summed E-state index contributed by atoms with van der Waals surface area (Å²) >= 11 is 3.14. The monoisotopic (exact) mass is 358 g/mol. The van der Waals surface area contributed by atoms with Gasteiger partial charge in [0.1, 0.15) is 5.82 Å². The van der Waals surface area contributed by atoms with Gasteiger partial charge in [0.25, 0.3) is 0 Å². The minimum Gasteiger partial charge on any atom is -0.481 e. The average Bonchev–Trinajstić information content (AvgIpc) is 2.88. The Kier molecular flexibility index (Phi) is 4.51. The number of anilines is 1. The van der Waals surface area contributed by atoms with E-state index < -0.39 is 23.2 Å². The van der Waals surface area contributed by atoms with Gasteiger partial charge in [-0.2, -0.15) is 0 Å². The minimum atomic E-state index is -0.893. The Labute approximate surface area is 130 Å². The maximum atomic E-state index is 13.7. The van der Waals surface area contributed by atoms with E-state index >= 15 is 0 Å². The summed E-state index contributed by atoms with van der Waals surface area (Å²) in [7, 11) is 0. The summed E-state index contributed by atoms with van der Waals surface area (Å²) in [5.41, 5.74) is -0.817. The van der Waals surface area contributed by atoms with Gasteiger partial charge in [0.05, 0.1) is 11.1 Å². The van der Waals surface area contributed by atoms with E-state index in [-0.39, 0.29) is 12.2 Å². The smallest absolute Gasteiger partial charge is 0.321 e. The fourth-order valence-corrected chi connectivity index (χ4v) is 2.78. The zero-order valence-corrected chi connectivity index (χ0v) is 13.1. The van der Waals surface area contributed by atoms with E-state index in [4.69, 9.17) is 0 Å². The van der Waals surface area contributed by atoms with Gasteiger partial charge in [0, 0.05) is 17.6 Å². The number of benzene rings is 1. The number of nitrogens with zero attached hydrogens (tertiary/aromatic N) is 1. The summed E-state index contributed by atoms with van der Waals surface area (Å²) in [4.78, 5) is 24.9. The van der Waals surface area contributed by atoms with Crippen molar-refractivity contribution in [3.05, 3.63) is 28.5 Å². The summed E-state index contributed by atoms with van der Waals surface area (Å²) in [5.74, 6) is -1.44. The standard InChI is InChI=1S/C14H16BrFN2O3/c1-2-14(12(19)20)5-6-18(8-14)13(21)17-11-4-3-9(15)7-10(11)16/h3-4,7H,2,5-6,8H2,1H3,(H,17,21)(H,19,20). The molecule has 1 atom stereocenters. The van der Waals surface area contributed by atoms with E-state index in [1.165, 1.54) is 17.0 Å². The fraction of sp³-hybridized carbons (Fsp3) is 0.429. The van der Waals surface area contributed by atoms with Crippen LogP contribution in [0.5, 0.6) is 0 Å². The lowest BCUT2D eigenvalue weighted by atomic mass is 9.84. The van der Waals surface area contributed by atoms with Crippen LogP contribution >= 0.6 is 15.9 Å². The van der Waals surface area contributed by atoms with Crippen molar-refractivity contribution in [1.82, 2.24) is 4.90 Å². The molecule has 114 valence electrons. The van der Waals surface area contributed by atoms with Crippen molar-refractivity contribution in [2.24, 2.45) is 5.41 Å². The van der Waals surface area contributed by atoms with E-state index in [2.05, 4.69) is 21.2 Å². The molecule has 1 aliphatic rings. The number of aliphatic carboxylic acids is 1. The van der Waals surface area contributed by atoms with Crippen LogP contribution in [0.3, 0.4) is 0 Å². The Hall–Kier alpha value is -1.63. The topological polar surface area (TPSA) is 69.6 Å². The predicted molar refractivity (Wildman–Crippen MR) is 79.7 cm³/mol. The third-order valence-corrected chi connectivity index (χ3v) is 4.44. The second-order valence-electron chi connectivity index (χ2n) is 5.16. The average molecular weight is 359 g/mol. The van der Waals surface area contributed by atoms with Crippen molar-refractivity contribution in [3.63, 3.8) is 0 Å². The third kappa shape index (κ3) is 3.18. The van der Waals surface area contributed by atoms with Gasteiger partial charge in [-0.15, -0.1) is 0 Å². The van der Waals surface area contributed by atoms with Gasteiger partial charge in [0.2, 0.25) is 0 Å². The molecule has 1 aliphatic heterocycles. The first-order chi connectivity index (χ1) is 9.88. The van der Waals surface area contributed by atoms with Gasteiger partial charge >= 0.3 is 12.0 Å². The molecule has 0 aromatic heterocycles. The Morgan fingerprint density at radius 1 is 1.52 bits per heavy atom. The van der Waals surface area contributed by atoms with E-state index in [0.717, 1.165) is 0 Å². The number of carboxylic acids is 1. The van der Waals surface area contributed by atoms with Gasteiger partial charge in [-0.1, -0.05) is 22.9 Å². The number of urea groups is 1. The van der Waals surface area contributed by atoms with E-state index in [9.17, 15) is 19.1 Å². The third-order valence-electron chi connectivity index (χ3n) is 3.94. The van der Waals surface area contributed by atoms with Crippen LogP contribution in [-0.4, -0.2) is 35.1 Å². The molecule has 1 fully saturated rings. The summed E-state index contributed by atoms with van der Waals surface area (Å²) in [5, 5.41) is 11.8. The van der Waals surface area contributed by atoms with Gasteiger partial charge in [-0.25, -0.2) is 9.18 Å². The highest BCUT2D eigenvalue weighted by atomic mass is 79.9. The summed E-state index contributed by atoms with van der Waals surface area (Å²) in [6.45, 7) is 2.29. The van der Waals surface area contributed by atoms with Crippen molar-refractivity contribution in [2.45, 2.75) is 19.8 Å². The highest BCUT2D eigenvalue weighted by Crippen LogP contribution is 2.34. The lowest BCUT2D eigenvalue weighted by molar-refractivity contribution is -0.148. The van der Waals surface area contributed by atoms with Crippen LogP contribution in [0.2, 0.25) is 0 Å². The summed E-state index contributed by atoms with van der Waals surface area (Å²) < 4.78 is 14.3. The molecule has 0 spiro atoms. The van der Waals surface area contributed by atoms with E-state index in [1.54, 1.807) is 13.0 Å². The SMILES string of the molecule is CCC1(C(=O)O)CCN(C(=O)Nc2ccc(Br)cc2F)C1. The number of likely N-dealkylation sites (tertiary alicyclic amines) is 1. The number of carbonyl (C=O) groups is 2. The van der Waals surface area contributed by atoms with Crippen molar-refractivity contribution < 1.29 is 19.1 Å². The number of nitrogens with one attached hydrogen (secondary N) is 1. The van der Waals surface area contributed by atoms with Gasteiger partial charge in [-0.05, 0) is 31.0 Å². The van der Waals surface area contributed by atoms with Crippen LogP contribution in [0.4, 0.5) is 14.9 Å². The van der Waals surface area contributed by atoms with Crippen molar-refractivity contribution >= 4 is 33.6 Å². The number of rotatable bonds is 3. The molecule has 1 unspecified atom stereocenters. The molecular formula is C14H16BrFN2O3. The quantitative estimate of drug-likeness (QED) is 0.870. The zero-order chi connectivity index (χ0) is 15.6. The first-order valence-electron chi connectivity index (χ1n) is 6.62. The Bertz CT molecular complexity index is 581. The van der Waals surface area contributed by atoms with Crippen molar-refractivity contribution in [3.8, 4) is 0 Å². The van der Waals surface area contributed by atoms with Crippen LogP contribution in [0.15, 0.2) is 22.7 Å². The van der Waals surface area contributed by atoms with Crippen LogP contribution in [0.25, 0.3) is 0 Å². The molecule has 1 aromatic carbocycles. The van der Waals surface area contributed by atoms with Crippen LogP contribution in [0.1, 0.15) is 19.8 Å². The van der Waals surface area contributed by atoms with Crippen LogP contribution in [-0.2, 0) is 4.79 Å². The number of carboxylic acid groups (broad SMARTS) is 1. The second-order valence-corrected chi connectivity index (χ2v) is 6.08. The zero-order valence-electron chi connectivity index (χ0n) is 11.5. The molecule has 21 heavy (non-hydrogen) atoms. The molecule has 1 heterocycles. The highest BCUT2D eigenvalue weighted by Gasteiger charge is 2.44. The lowest BCUT2D eigenvalue weighted by Gasteiger charge is -2.23. The van der Waals surface area contributed by atoms with Gasteiger partial charge < -0.3 is 15.3 Å². The molecule has 1 aromatic rings. The molecule has 0 aliphatic carbocycles. The molecule has 2 rings (SSSR count). The molecule has 0 radical (unpaired) electrons. The Morgan fingerprint density at radius 2 is 2.24 bits per heavy atom.